The van der Waals surface area contributed by atoms with E-state index in [0.717, 1.165) is 2.19 Å². The Labute approximate surface area is 310 Å². The summed E-state index contributed by atoms with van der Waals surface area (Å²) in [6.07, 6.45) is 0. The van der Waals surface area contributed by atoms with Gasteiger partial charge in [0.15, 0.2) is 0 Å². The molecular formula is C38H90Si6Y. The van der Waals surface area contributed by atoms with Crippen LogP contribution in [-0.4, -0.2) is 48.4 Å². The molecule has 0 amide bonds. The van der Waals surface area contributed by atoms with E-state index in [4.69, 9.17) is 0 Å². The fourth-order valence-corrected chi connectivity index (χ4v) is 139. The van der Waals surface area contributed by atoms with Crippen LogP contribution >= 0.6 is 0 Å². The van der Waals surface area contributed by atoms with Crippen molar-refractivity contribution in [2.45, 2.75) is 236 Å². The monoisotopic (exact) mass is 803 g/mol. The second-order valence-corrected chi connectivity index (χ2v) is 65.1. The van der Waals surface area contributed by atoms with Gasteiger partial charge in [-0.15, -0.1) is 0 Å². The van der Waals surface area contributed by atoms with Crippen LogP contribution in [0.4, 0.5) is 0 Å². The first kappa shape index (κ1) is 47.4. The van der Waals surface area contributed by atoms with Crippen molar-refractivity contribution in [2.24, 2.45) is 0 Å². The molecule has 0 saturated carbocycles. The summed E-state index contributed by atoms with van der Waals surface area (Å²) >= 11 is -1.25. The molecule has 0 saturated heterocycles. The van der Waals surface area contributed by atoms with Crippen LogP contribution in [0.15, 0.2) is 0 Å². The summed E-state index contributed by atoms with van der Waals surface area (Å²) in [7, 11) is -9.48. The topological polar surface area (TPSA) is 0 Å². The SMILES string of the molecule is CC[Si](CC)(CC)[C]([Y][C]([Si](CC)(CC)CC)([Si](CC)(CC)CC)[Si](CC)(CC)CC)([Si](CC)(CC)CC)[Si](CC)(CC)CC. The summed E-state index contributed by atoms with van der Waals surface area (Å²) in [6, 6.07) is 29.0. The van der Waals surface area contributed by atoms with E-state index < -0.39 is 77.6 Å². The summed E-state index contributed by atoms with van der Waals surface area (Å²) in [5.74, 6) is 0. The summed E-state index contributed by atoms with van der Waals surface area (Å²) < 4.78 is 1.90. The standard InChI is InChI=1S/2C19H45Si3.Y/c2*1-10-20(11-2,12-3)19(21(13-4,14-5)15-6)22(16-7,17-8)18-9;/h2*10-18H2,1-9H3;. The van der Waals surface area contributed by atoms with Gasteiger partial charge in [-0.2, -0.15) is 0 Å². The molecule has 0 aliphatic rings. The predicted octanol–water partition coefficient (Wildman–Crippen LogP) is 15.7. The molecule has 0 nitrogen and oxygen atoms in total. The average Bonchev–Trinajstić information content (AvgIpc) is 3.10. The van der Waals surface area contributed by atoms with Crippen molar-refractivity contribution < 1.29 is 29.2 Å². The van der Waals surface area contributed by atoms with Gasteiger partial charge in [-0.3, -0.25) is 0 Å². The van der Waals surface area contributed by atoms with Gasteiger partial charge in [0.2, 0.25) is 0 Å². The summed E-state index contributed by atoms with van der Waals surface area (Å²) in [5.41, 5.74) is 0. The Balaban J connectivity index is 9.85. The van der Waals surface area contributed by atoms with Gasteiger partial charge in [0.1, 0.15) is 0 Å². The van der Waals surface area contributed by atoms with Crippen molar-refractivity contribution in [1.29, 1.82) is 0 Å². The minimum atomic E-state index is -1.58. The molecule has 0 aromatic carbocycles. The van der Waals surface area contributed by atoms with Gasteiger partial charge in [-0.1, -0.05) is 0 Å². The third-order valence-corrected chi connectivity index (χ3v) is 105. The Kier molecular flexibility index (Phi) is 20.9. The Hall–Kier alpha value is 2.41. The quantitative estimate of drug-likeness (QED) is 0.0764. The molecule has 0 aromatic rings. The number of hydrogen-bond acceptors (Lipinski definition) is 0. The molecule has 0 aliphatic carbocycles. The molecule has 0 atom stereocenters. The molecule has 0 rings (SSSR count). The first-order valence-electron chi connectivity index (χ1n) is 21.2. The molecule has 0 spiro atoms. The van der Waals surface area contributed by atoms with E-state index in [9.17, 15) is 0 Å². The average molecular weight is 805 g/mol. The van der Waals surface area contributed by atoms with Crippen molar-refractivity contribution in [3.8, 4) is 0 Å². The molecule has 0 aromatic heterocycles. The fourth-order valence-electron chi connectivity index (χ4n) is 14.1. The van der Waals surface area contributed by atoms with E-state index in [1.165, 1.54) is 0 Å². The normalized spacial score (nSPS) is 14.6. The molecular weight excluding hydrogens is 714 g/mol. The number of hydrogen-bond donors (Lipinski definition) is 0. The van der Waals surface area contributed by atoms with E-state index >= 15 is 0 Å². The Morgan fingerprint density at radius 3 is 0.378 bits per heavy atom. The fraction of sp³-hybridized carbons (Fsp3) is 1.00. The molecule has 0 bridgehead atoms. The van der Waals surface area contributed by atoms with Gasteiger partial charge >= 0.3 is 313 Å². The van der Waals surface area contributed by atoms with Gasteiger partial charge in [-0.25, -0.2) is 0 Å². The third-order valence-electron chi connectivity index (χ3n) is 17.6. The predicted molar refractivity (Wildman–Crippen MR) is 229 cm³/mol. The van der Waals surface area contributed by atoms with Crippen LogP contribution in [-0.2, 0) is 29.2 Å². The van der Waals surface area contributed by atoms with Crippen LogP contribution in [0.3, 0.4) is 0 Å². The van der Waals surface area contributed by atoms with Crippen molar-refractivity contribution in [2.75, 3.05) is 0 Å². The van der Waals surface area contributed by atoms with Crippen LogP contribution in [0.2, 0.25) is 111 Å². The molecule has 0 radical (unpaired) electrons. The van der Waals surface area contributed by atoms with E-state index in [-0.39, 0.29) is 0 Å². The van der Waals surface area contributed by atoms with Gasteiger partial charge in [0.25, 0.3) is 0 Å². The Bertz CT molecular complexity index is 589. The summed E-state index contributed by atoms with van der Waals surface area (Å²) in [4.78, 5) is 0. The van der Waals surface area contributed by atoms with Gasteiger partial charge < -0.3 is 0 Å². The first-order chi connectivity index (χ1) is 21.3. The van der Waals surface area contributed by atoms with Crippen LogP contribution < -0.4 is 0 Å². The minimum absolute atomic E-state index is 0.949. The molecule has 7 heteroatoms. The van der Waals surface area contributed by atoms with Gasteiger partial charge in [0, 0.05) is 0 Å². The zero-order valence-electron chi connectivity index (χ0n) is 35.3. The van der Waals surface area contributed by atoms with Crippen molar-refractivity contribution in [3.05, 3.63) is 0 Å². The maximum absolute atomic E-state index is 2.79. The number of rotatable bonds is 26. The summed E-state index contributed by atoms with van der Waals surface area (Å²) in [5, 5.41) is 0. The Morgan fingerprint density at radius 1 is 0.222 bits per heavy atom. The maximum atomic E-state index is 2.79. The molecule has 0 fully saturated rings. The molecule has 0 heterocycles. The second kappa shape index (κ2) is 19.9. The van der Waals surface area contributed by atoms with Crippen molar-refractivity contribution >= 4 is 48.4 Å². The summed E-state index contributed by atoms with van der Waals surface area (Å²) in [6.45, 7) is 50.2. The zero-order valence-corrected chi connectivity index (χ0v) is 44.1. The second-order valence-electron chi connectivity index (χ2n) is 15.8. The molecule has 45 heavy (non-hydrogen) atoms. The third kappa shape index (κ3) is 6.75. The molecule has 0 N–H and O–H groups in total. The van der Waals surface area contributed by atoms with E-state index in [1.807, 2.05) is 0 Å². The Morgan fingerprint density at radius 2 is 0.311 bits per heavy atom. The van der Waals surface area contributed by atoms with Crippen LogP contribution in [0, 0.1) is 0 Å². The van der Waals surface area contributed by atoms with Crippen molar-refractivity contribution in [1.82, 2.24) is 0 Å². The van der Waals surface area contributed by atoms with Crippen LogP contribution in [0.25, 0.3) is 0 Å². The van der Waals surface area contributed by atoms with Crippen molar-refractivity contribution in [3.63, 3.8) is 0 Å². The van der Waals surface area contributed by atoms with E-state index in [0.29, 0.717) is 0 Å². The van der Waals surface area contributed by atoms with Gasteiger partial charge in [0.05, 0.1) is 0 Å². The molecule has 269 valence electrons. The molecule has 0 aliphatic heterocycles. The van der Waals surface area contributed by atoms with Crippen LogP contribution in [0.5, 0.6) is 0 Å². The van der Waals surface area contributed by atoms with Gasteiger partial charge in [-0.05, 0) is 0 Å². The first-order valence-corrected chi connectivity index (χ1v) is 39.7. The van der Waals surface area contributed by atoms with E-state index in [2.05, 4.69) is 125 Å². The zero-order chi connectivity index (χ0) is 35.4. The van der Waals surface area contributed by atoms with E-state index in [1.54, 1.807) is 109 Å². The molecule has 0 unspecified atom stereocenters. The van der Waals surface area contributed by atoms with Crippen LogP contribution in [0.1, 0.15) is 125 Å².